The summed E-state index contributed by atoms with van der Waals surface area (Å²) in [7, 11) is 3.26. The van der Waals surface area contributed by atoms with Crippen molar-refractivity contribution in [2.24, 2.45) is 17.8 Å². The summed E-state index contributed by atoms with van der Waals surface area (Å²) in [5, 5.41) is 21.4. The van der Waals surface area contributed by atoms with Gasteiger partial charge in [-0.05, 0) is 12.0 Å². The molecule has 2 aliphatic carbocycles. The third-order valence-corrected chi connectivity index (χ3v) is 5.80. The Balaban J connectivity index is 2.24. The van der Waals surface area contributed by atoms with E-state index in [1.54, 1.807) is 30.3 Å². The van der Waals surface area contributed by atoms with Crippen molar-refractivity contribution in [1.82, 2.24) is 0 Å². The lowest BCUT2D eigenvalue weighted by atomic mass is 9.61. The van der Waals surface area contributed by atoms with Crippen molar-refractivity contribution >= 4 is 23.7 Å². The molecule has 0 bridgehead atoms. The summed E-state index contributed by atoms with van der Waals surface area (Å²) < 4.78 is 14.2. The van der Waals surface area contributed by atoms with Gasteiger partial charge >= 0.3 is 17.9 Å². The van der Waals surface area contributed by atoms with Crippen LogP contribution in [0.3, 0.4) is 0 Å². The second-order valence-electron chi connectivity index (χ2n) is 7.24. The second-order valence-corrected chi connectivity index (χ2v) is 7.24. The van der Waals surface area contributed by atoms with Crippen LogP contribution in [0.15, 0.2) is 53.0 Å². The van der Waals surface area contributed by atoms with Crippen molar-refractivity contribution < 1.29 is 43.6 Å². The van der Waals surface area contributed by atoms with Crippen molar-refractivity contribution in [3.63, 3.8) is 0 Å². The number of aliphatic hydroxyl groups excluding tert-OH is 2. The van der Waals surface area contributed by atoms with Gasteiger partial charge in [-0.1, -0.05) is 30.3 Å². The number of Topliss-reactive ketones (excluding diaryl/α,β-unsaturated/α-hetero) is 1. The van der Waals surface area contributed by atoms with E-state index >= 15 is 0 Å². The number of esters is 3. The van der Waals surface area contributed by atoms with Gasteiger partial charge in [-0.2, -0.15) is 0 Å². The molecular weight excluding hydrogens is 408 g/mol. The molecule has 1 aromatic rings. The summed E-state index contributed by atoms with van der Waals surface area (Å²) >= 11 is 0. The predicted molar refractivity (Wildman–Crippen MR) is 105 cm³/mol. The fourth-order valence-electron chi connectivity index (χ4n) is 4.39. The molecule has 0 heterocycles. The lowest BCUT2D eigenvalue weighted by Crippen LogP contribution is -2.46. The molecule has 9 nitrogen and oxygen atoms in total. The fourth-order valence-corrected chi connectivity index (χ4v) is 4.39. The lowest BCUT2D eigenvalue weighted by molar-refractivity contribution is -0.151. The van der Waals surface area contributed by atoms with Gasteiger partial charge in [-0.25, -0.2) is 4.79 Å². The lowest BCUT2D eigenvalue weighted by Gasteiger charge is -2.40. The van der Waals surface area contributed by atoms with Crippen molar-refractivity contribution in [2.75, 3.05) is 21.3 Å². The number of fused-ring (bicyclic) bond motifs is 1. The first-order valence-corrected chi connectivity index (χ1v) is 9.48. The number of carbonyl (C=O) groups excluding carboxylic acids is 4. The van der Waals surface area contributed by atoms with Crippen LogP contribution in [0.4, 0.5) is 0 Å². The van der Waals surface area contributed by atoms with E-state index in [4.69, 9.17) is 9.47 Å². The Bertz CT molecular complexity index is 989. The van der Waals surface area contributed by atoms with Gasteiger partial charge in [0.1, 0.15) is 28.9 Å². The summed E-state index contributed by atoms with van der Waals surface area (Å²) in [6, 6.07) is 8.71. The SMILES string of the molecule is COC(=O)C1=C(O)[C@H](C(=O)OC)[C@H]2CC(c3ccccc3)C(C(=O)OC)C(=O)C2=C1O. The summed E-state index contributed by atoms with van der Waals surface area (Å²) in [4.78, 5) is 50.7. The molecule has 4 atom stereocenters. The molecule has 31 heavy (non-hydrogen) atoms. The number of benzene rings is 1. The van der Waals surface area contributed by atoms with Crippen LogP contribution < -0.4 is 0 Å². The Morgan fingerprint density at radius 1 is 0.871 bits per heavy atom. The minimum Gasteiger partial charge on any atom is -0.510 e. The molecule has 0 spiro atoms. The highest BCUT2D eigenvalue weighted by Gasteiger charge is 2.55. The van der Waals surface area contributed by atoms with E-state index in [1.165, 1.54) is 0 Å². The Morgan fingerprint density at radius 2 is 1.45 bits per heavy atom. The van der Waals surface area contributed by atoms with Crippen LogP contribution in [0, 0.1) is 17.8 Å². The van der Waals surface area contributed by atoms with Gasteiger partial charge in [0, 0.05) is 17.4 Å². The molecule has 0 radical (unpaired) electrons. The van der Waals surface area contributed by atoms with E-state index in [-0.39, 0.29) is 12.0 Å². The molecule has 9 heteroatoms. The van der Waals surface area contributed by atoms with E-state index < -0.39 is 64.5 Å². The monoisotopic (exact) mass is 430 g/mol. The van der Waals surface area contributed by atoms with Crippen molar-refractivity contribution in [3.8, 4) is 0 Å². The first-order valence-electron chi connectivity index (χ1n) is 9.48. The van der Waals surface area contributed by atoms with Crippen molar-refractivity contribution in [2.45, 2.75) is 12.3 Å². The smallest absolute Gasteiger partial charge is 0.345 e. The first kappa shape index (κ1) is 22.1. The molecule has 1 saturated carbocycles. The summed E-state index contributed by atoms with van der Waals surface area (Å²) in [6.45, 7) is 0. The van der Waals surface area contributed by atoms with Crippen LogP contribution in [0.25, 0.3) is 0 Å². The number of methoxy groups -OCH3 is 3. The van der Waals surface area contributed by atoms with Gasteiger partial charge in [0.05, 0.1) is 21.3 Å². The van der Waals surface area contributed by atoms with E-state index in [2.05, 4.69) is 4.74 Å². The normalized spacial score (nSPS) is 25.6. The number of rotatable bonds is 4. The highest BCUT2D eigenvalue weighted by atomic mass is 16.5. The largest absolute Gasteiger partial charge is 0.510 e. The van der Waals surface area contributed by atoms with E-state index in [0.717, 1.165) is 21.3 Å². The molecule has 0 saturated heterocycles. The maximum atomic E-state index is 13.4. The molecule has 1 fully saturated rings. The van der Waals surface area contributed by atoms with Crippen molar-refractivity contribution in [3.05, 3.63) is 58.6 Å². The van der Waals surface area contributed by atoms with Gasteiger partial charge < -0.3 is 24.4 Å². The third-order valence-electron chi connectivity index (χ3n) is 5.80. The van der Waals surface area contributed by atoms with E-state index in [9.17, 15) is 29.4 Å². The number of aliphatic hydroxyl groups is 2. The summed E-state index contributed by atoms with van der Waals surface area (Å²) in [5.41, 5.74) is -0.369. The fraction of sp³-hybridized carbons (Fsp3) is 0.364. The maximum absolute atomic E-state index is 13.4. The highest BCUT2D eigenvalue weighted by Crippen LogP contribution is 2.50. The molecule has 0 aromatic heterocycles. The molecule has 2 unspecified atom stereocenters. The standard InChI is InChI=1S/C22H22O9/c1-29-20(26)14-11(10-7-5-4-6-8-10)9-12-13(17(14)23)18(24)16(22(28)31-3)19(25)15(12)21(27)30-2/h4-8,11-12,14-15,24-25H,9H2,1-3H3/t11?,12-,14?,15+/m0/s1. The zero-order valence-electron chi connectivity index (χ0n) is 17.2. The molecule has 0 aliphatic heterocycles. The van der Waals surface area contributed by atoms with Crippen LogP contribution >= 0.6 is 0 Å². The molecule has 2 N–H and O–H groups in total. The average Bonchev–Trinajstić information content (AvgIpc) is 2.78. The molecule has 164 valence electrons. The number of ether oxygens (including phenoxy) is 3. The van der Waals surface area contributed by atoms with Gasteiger partial charge in [0.15, 0.2) is 5.78 Å². The van der Waals surface area contributed by atoms with Crippen LogP contribution in [-0.2, 0) is 33.4 Å². The number of hydrogen-bond donors (Lipinski definition) is 2. The second kappa shape index (κ2) is 8.63. The van der Waals surface area contributed by atoms with Crippen LogP contribution in [-0.4, -0.2) is 55.2 Å². The first-order chi connectivity index (χ1) is 14.8. The third kappa shape index (κ3) is 3.56. The molecule has 0 amide bonds. The van der Waals surface area contributed by atoms with Gasteiger partial charge in [0.25, 0.3) is 0 Å². The van der Waals surface area contributed by atoms with Gasteiger partial charge in [-0.3, -0.25) is 14.4 Å². The molecule has 1 aromatic carbocycles. The highest BCUT2D eigenvalue weighted by molar-refractivity contribution is 6.13. The Kier molecular flexibility index (Phi) is 6.14. The van der Waals surface area contributed by atoms with Gasteiger partial charge in [-0.15, -0.1) is 0 Å². The Hall–Kier alpha value is -3.62. The van der Waals surface area contributed by atoms with Crippen molar-refractivity contribution in [1.29, 1.82) is 0 Å². The van der Waals surface area contributed by atoms with E-state index in [0.29, 0.717) is 5.56 Å². The summed E-state index contributed by atoms with van der Waals surface area (Å²) in [5.74, 6) is -9.67. The zero-order chi connectivity index (χ0) is 22.9. The van der Waals surface area contributed by atoms with Crippen LogP contribution in [0.2, 0.25) is 0 Å². The number of hydrogen-bond acceptors (Lipinski definition) is 9. The average molecular weight is 430 g/mol. The van der Waals surface area contributed by atoms with Gasteiger partial charge in [0.2, 0.25) is 0 Å². The minimum absolute atomic E-state index is 0.0349. The quantitative estimate of drug-likeness (QED) is 0.416. The number of carbonyl (C=O) groups is 4. The zero-order valence-corrected chi connectivity index (χ0v) is 17.2. The van der Waals surface area contributed by atoms with Crippen LogP contribution in [0.1, 0.15) is 17.9 Å². The Labute approximate surface area is 177 Å². The molecular formula is C22H22O9. The topological polar surface area (TPSA) is 136 Å². The Morgan fingerprint density at radius 3 is 2.00 bits per heavy atom. The minimum atomic E-state index is -1.43. The number of ketones is 1. The maximum Gasteiger partial charge on any atom is 0.345 e. The molecule has 2 aliphatic rings. The predicted octanol–water partition coefficient (Wildman–Crippen LogP) is 1.75. The summed E-state index contributed by atoms with van der Waals surface area (Å²) in [6.07, 6.45) is 0.0349. The molecule has 3 rings (SSSR count). The number of allylic oxidation sites excluding steroid dienone is 1. The van der Waals surface area contributed by atoms with Crippen LogP contribution in [0.5, 0.6) is 0 Å². The van der Waals surface area contributed by atoms with E-state index in [1.807, 2.05) is 0 Å².